The topological polar surface area (TPSA) is 68.0 Å². The van der Waals surface area contributed by atoms with Crippen molar-refractivity contribution in [1.82, 2.24) is 10.3 Å². The van der Waals surface area contributed by atoms with Gasteiger partial charge in [-0.2, -0.15) is 0 Å². The van der Waals surface area contributed by atoms with E-state index in [9.17, 15) is 4.79 Å². The molecule has 88 valence electrons. The minimum atomic E-state index is -0.167. The highest BCUT2D eigenvalue weighted by Gasteiger charge is 2.11. The molecular formula is C12H19N3O. The highest BCUT2D eigenvalue weighted by atomic mass is 16.1. The number of nitrogens with zero attached hydrogens (tertiary/aromatic N) is 1. The Morgan fingerprint density at radius 1 is 1.44 bits per heavy atom. The van der Waals surface area contributed by atoms with Gasteiger partial charge < -0.3 is 11.1 Å². The molecule has 4 heteroatoms. The van der Waals surface area contributed by atoms with Crippen molar-refractivity contribution in [2.45, 2.75) is 20.8 Å². The molecule has 1 amide bonds. The second-order valence-electron chi connectivity index (χ2n) is 4.38. The number of nitrogens with two attached hydrogens (primary N) is 1. The molecule has 0 spiro atoms. The van der Waals surface area contributed by atoms with Gasteiger partial charge in [0.15, 0.2) is 0 Å². The first-order valence-electron chi connectivity index (χ1n) is 5.51. The van der Waals surface area contributed by atoms with Crippen LogP contribution in [0.25, 0.3) is 0 Å². The molecule has 1 heterocycles. The lowest BCUT2D eigenvalue weighted by atomic mass is 9.98. The first-order chi connectivity index (χ1) is 7.50. The molecule has 0 aromatic carbocycles. The van der Waals surface area contributed by atoms with E-state index in [1.54, 1.807) is 18.2 Å². The van der Waals surface area contributed by atoms with Crippen LogP contribution in [0, 0.1) is 11.8 Å². The number of carbonyl (C=O) groups is 1. The third-order valence-corrected chi connectivity index (χ3v) is 2.73. The Morgan fingerprint density at radius 2 is 2.12 bits per heavy atom. The molecule has 3 N–H and O–H groups in total. The van der Waals surface area contributed by atoms with E-state index in [4.69, 9.17) is 5.73 Å². The summed E-state index contributed by atoms with van der Waals surface area (Å²) in [7, 11) is 0. The van der Waals surface area contributed by atoms with Crippen LogP contribution in [0.15, 0.2) is 18.2 Å². The third kappa shape index (κ3) is 3.53. The standard InChI is InChI=1S/C12H19N3O/c1-8(2)9(3)7-14-12(16)10-5-4-6-11(13)15-10/h4-6,8-9H,7H2,1-3H3,(H2,13,15)(H,14,16). The van der Waals surface area contributed by atoms with Crippen LogP contribution in [-0.4, -0.2) is 17.4 Å². The van der Waals surface area contributed by atoms with E-state index in [0.717, 1.165) is 0 Å². The third-order valence-electron chi connectivity index (χ3n) is 2.73. The molecule has 1 atom stereocenters. The second kappa shape index (κ2) is 5.49. The quantitative estimate of drug-likeness (QED) is 0.813. The second-order valence-corrected chi connectivity index (χ2v) is 4.38. The number of hydrogen-bond donors (Lipinski definition) is 2. The fourth-order valence-electron chi connectivity index (χ4n) is 1.16. The Morgan fingerprint density at radius 3 is 2.69 bits per heavy atom. The number of aromatic nitrogens is 1. The monoisotopic (exact) mass is 221 g/mol. The van der Waals surface area contributed by atoms with Gasteiger partial charge in [-0.05, 0) is 24.0 Å². The molecule has 0 aliphatic heterocycles. The summed E-state index contributed by atoms with van der Waals surface area (Å²) in [6, 6.07) is 5.04. The van der Waals surface area contributed by atoms with Crippen LogP contribution in [0.3, 0.4) is 0 Å². The molecule has 0 aliphatic carbocycles. The van der Waals surface area contributed by atoms with Gasteiger partial charge in [0.1, 0.15) is 11.5 Å². The number of rotatable bonds is 4. The van der Waals surface area contributed by atoms with Crippen LogP contribution in [0.1, 0.15) is 31.3 Å². The number of nitrogens with one attached hydrogen (secondary N) is 1. The fourth-order valence-corrected chi connectivity index (χ4v) is 1.16. The van der Waals surface area contributed by atoms with E-state index in [1.165, 1.54) is 0 Å². The fraction of sp³-hybridized carbons (Fsp3) is 0.500. The van der Waals surface area contributed by atoms with Crippen LogP contribution < -0.4 is 11.1 Å². The Bertz CT molecular complexity index is 363. The molecule has 1 rings (SSSR count). The Labute approximate surface area is 96.3 Å². The lowest BCUT2D eigenvalue weighted by Gasteiger charge is -2.15. The van der Waals surface area contributed by atoms with E-state index in [2.05, 4.69) is 31.1 Å². The van der Waals surface area contributed by atoms with E-state index < -0.39 is 0 Å². The number of nitrogen functional groups attached to an aromatic ring is 1. The number of pyridine rings is 1. The van der Waals surface area contributed by atoms with Gasteiger partial charge in [0.25, 0.3) is 5.91 Å². The number of hydrogen-bond acceptors (Lipinski definition) is 3. The van der Waals surface area contributed by atoms with Gasteiger partial charge in [-0.15, -0.1) is 0 Å². The summed E-state index contributed by atoms with van der Waals surface area (Å²) in [5.74, 6) is 1.20. The average Bonchev–Trinajstić information content (AvgIpc) is 2.25. The van der Waals surface area contributed by atoms with Crippen LogP contribution in [-0.2, 0) is 0 Å². The normalized spacial score (nSPS) is 12.5. The van der Waals surface area contributed by atoms with Gasteiger partial charge in [-0.1, -0.05) is 26.8 Å². The number of anilines is 1. The molecule has 1 aromatic rings. The van der Waals surface area contributed by atoms with Crippen molar-refractivity contribution < 1.29 is 4.79 Å². The molecule has 1 aromatic heterocycles. The van der Waals surface area contributed by atoms with Crippen molar-refractivity contribution >= 4 is 11.7 Å². The number of amides is 1. The predicted molar refractivity (Wildman–Crippen MR) is 65.0 cm³/mol. The van der Waals surface area contributed by atoms with Crippen LogP contribution >= 0.6 is 0 Å². The highest BCUT2D eigenvalue weighted by Crippen LogP contribution is 2.08. The Kier molecular flexibility index (Phi) is 4.28. The summed E-state index contributed by atoms with van der Waals surface area (Å²) in [6.45, 7) is 7.04. The minimum Gasteiger partial charge on any atom is -0.384 e. The molecule has 16 heavy (non-hydrogen) atoms. The maximum absolute atomic E-state index is 11.7. The summed E-state index contributed by atoms with van der Waals surface area (Å²) < 4.78 is 0. The Balaban J connectivity index is 2.53. The van der Waals surface area contributed by atoms with Gasteiger partial charge in [-0.25, -0.2) is 4.98 Å². The lowest BCUT2D eigenvalue weighted by Crippen LogP contribution is -2.30. The first kappa shape index (κ1) is 12.5. The smallest absolute Gasteiger partial charge is 0.269 e. The largest absolute Gasteiger partial charge is 0.384 e. The summed E-state index contributed by atoms with van der Waals surface area (Å²) in [6.07, 6.45) is 0. The Hall–Kier alpha value is -1.58. The molecule has 0 fully saturated rings. The first-order valence-corrected chi connectivity index (χ1v) is 5.51. The summed E-state index contributed by atoms with van der Waals surface area (Å²) in [5.41, 5.74) is 5.88. The minimum absolute atomic E-state index is 0.167. The zero-order valence-electron chi connectivity index (χ0n) is 10.0. The van der Waals surface area contributed by atoms with Crippen LogP contribution in [0.5, 0.6) is 0 Å². The van der Waals surface area contributed by atoms with Crippen LogP contribution in [0.2, 0.25) is 0 Å². The summed E-state index contributed by atoms with van der Waals surface area (Å²) in [4.78, 5) is 15.7. The maximum Gasteiger partial charge on any atom is 0.269 e. The van der Waals surface area contributed by atoms with Crippen molar-refractivity contribution in [1.29, 1.82) is 0 Å². The predicted octanol–water partition coefficient (Wildman–Crippen LogP) is 1.69. The molecule has 1 unspecified atom stereocenters. The highest BCUT2D eigenvalue weighted by molar-refractivity contribution is 5.92. The van der Waals surface area contributed by atoms with E-state index in [1.807, 2.05) is 0 Å². The molecule has 4 nitrogen and oxygen atoms in total. The summed E-state index contributed by atoms with van der Waals surface area (Å²) in [5, 5.41) is 2.85. The van der Waals surface area contributed by atoms with Gasteiger partial charge in [0.2, 0.25) is 0 Å². The van der Waals surface area contributed by atoms with Crippen molar-refractivity contribution in [2.24, 2.45) is 11.8 Å². The molecule has 0 bridgehead atoms. The average molecular weight is 221 g/mol. The van der Waals surface area contributed by atoms with E-state index >= 15 is 0 Å². The van der Waals surface area contributed by atoms with Crippen molar-refractivity contribution in [3.8, 4) is 0 Å². The SMILES string of the molecule is CC(C)C(C)CNC(=O)c1cccc(N)n1. The van der Waals surface area contributed by atoms with E-state index in [0.29, 0.717) is 29.9 Å². The molecule has 0 saturated carbocycles. The zero-order valence-corrected chi connectivity index (χ0v) is 10.0. The number of carbonyl (C=O) groups excluding carboxylic acids is 1. The molecule has 0 saturated heterocycles. The van der Waals surface area contributed by atoms with Gasteiger partial charge >= 0.3 is 0 Å². The van der Waals surface area contributed by atoms with Gasteiger partial charge in [-0.3, -0.25) is 4.79 Å². The maximum atomic E-state index is 11.7. The van der Waals surface area contributed by atoms with Crippen molar-refractivity contribution in [2.75, 3.05) is 12.3 Å². The van der Waals surface area contributed by atoms with Crippen LogP contribution in [0.4, 0.5) is 5.82 Å². The molecule has 0 aliphatic rings. The summed E-state index contributed by atoms with van der Waals surface area (Å²) >= 11 is 0. The van der Waals surface area contributed by atoms with Crippen molar-refractivity contribution in [3.05, 3.63) is 23.9 Å². The lowest BCUT2D eigenvalue weighted by molar-refractivity contribution is 0.0940. The molecular weight excluding hydrogens is 202 g/mol. The molecule has 0 radical (unpaired) electrons. The van der Waals surface area contributed by atoms with Gasteiger partial charge in [0.05, 0.1) is 0 Å². The van der Waals surface area contributed by atoms with Gasteiger partial charge in [0, 0.05) is 6.54 Å². The van der Waals surface area contributed by atoms with Crippen molar-refractivity contribution in [3.63, 3.8) is 0 Å². The van der Waals surface area contributed by atoms with E-state index in [-0.39, 0.29) is 5.91 Å². The zero-order chi connectivity index (χ0) is 12.1.